The Balaban J connectivity index is 1.56. The first kappa shape index (κ1) is 29.5. The monoisotopic (exact) mass is 613 g/mol. The van der Waals surface area contributed by atoms with E-state index in [9.17, 15) is 24.3 Å². The molecule has 2 aliphatic heterocycles. The highest BCUT2D eigenvalue weighted by molar-refractivity contribution is 6.34. The lowest BCUT2D eigenvalue weighted by Crippen LogP contribution is -2.38. The second kappa shape index (κ2) is 10.8. The standard InChI is InChI=1S/C32H28FN5O7/c1-5-17-22(15-35-27-26(17)37(31(42)43)10-11-44-27)20-12-16-13-23(38-28(39)18-8-6-7-9-19(18)29(38)40)34-14-21(16)25(24(20)33)36-30(41)45-32(2,3)4/h6-9,12-15H,5,10-11H2,1-4H3,(H,36,41)(H,42,43). The summed E-state index contributed by atoms with van der Waals surface area (Å²) in [6.07, 6.45) is 0.803. The van der Waals surface area contributed by atoms with Crippen LogP contribution in [0.5, 0.6) is 5.88 Å². The molecule has 0 spiro atoms. The molecule has 0 saturated heterocycles. The molecular formula is C32H28FN5O7. The second-order valence-corrected chi connectivity index (χ2v) is 11.4. The van der Waals surface area contributed by atoms with Gasteiger partial charge in [-0.1, -0.05) is 19.1 Å². The lowest BCUT2D eigenvalue weighted by molar-refractivity contribution is 0.0634. The molecule has 13 heteroatoms. The maximum atomic E-state index is 16.6. The van der Waals surface area contributed by atoms with Crippen LogP contribution in [0.4, 0.5) is 31.2 Å². The van der Waals surface area contributed by atoms with E-state index in [1.54, 1.807) is 52.0 Å². The summed E-state index contributed by atoms with van der Waals surface area (Å²) in [7, 11) is 0. The van der Waals surface area contributed by atoms with Crippen molar-refractivity contribution < 1.29 is 38.1 Å². The summed E-state index contributed by atoms with van der Waals surface area (Å²) >= 11 is 0. The Morgan fingerprint density at radius 1 is 1.04 bits per heavy atom. The van der Waals surface area contributed by atoms with Crippen LogP contribution in [-0.2, 0) is 11.2 Å². The summed E-state index contributed by atoms with van der Waals surface area (Å²) < 4.78 is 27.6. The lowest BCUT2D eigenvalue weighted by Gasteiger charge is -2.29. The van der Waals surface area contributed by atoms with E-state index in [1.807, 2.05) is 0 Å². The van der Waals surface area contributed by atoms with Crippen molar-refractivity contribution in [3.8, 4) is 17.0 Å². The van der Waals surface area contributed by atoms with Crippen molar-refractivity contribution in [2.45, 2.75) is 39.7 Å². The molecule has 0 radical (unpaired) electrons. The fraction of sp³-hybridized carbons (Fsp3) is 0.250. The molecule has 0 bridgehead atoms. The molecule has 230 valence electrons. The average Bonchev–Trinajstić information content (AvgIpc) is 3.25. The van der Waals surface area contributed by atoms with E-state index in [4.69, 9.17) is 9.47 Å². The number of carboxylic acid groups (broad SMARTS) is 1. The van der Waals surface area contributed by atoms with E-state index in [1.165, 1.54) is 24.5 Å². The van der Waals surface area contributed by atoms with Crippen molar-refractivity contribution in [3.05, 3.63) is 71.3 Å². The molecule has 0 fully saturated rings. The lowest BCUT2D eigenvalue weighted by atomic mass is 9.94. The number of halogens is 1. The molecule has 2 aromatic heterocycles. The highest BCUT2D eigenvalue weighted by Gasteiger charge is 2.37. The molecule has 6 rings (SSSR count). The number of pyridine rings is 2. The third-order valence-corrected chi connectivity index (χ3v) is 7.42. The minimum atomic E-state index is -1.21. The molecule has 12 nitrogen and oxygen atoms in total. The molecule has 45 heavy (non-hydrogen) atoms. The van der Waals surface area contributed by atoms with Crippen LogP contribution in [0.2, 0.25) is 0 Å². The average molecular weight is 614 g/mol. The minimum Gasteiger partial charge on any atom is -0.474 e. The van der Waals surface area contributed by atoms with Crippen molar-refractivity contribution in [2.75, 3.05) is 28.3 Å². The number of nitrogens with one attached hydrogen (secondary N) is 1. The van der Waals surface area contributed by atoms with Crippen LogP contribution in [0.15, 0.2) is 48.8 Å². The van der Waals surface area contributed by atoms with Crippen LogP contribution >= 0.6 is 0 Å². The SMILES string of the molecule is CCc1c(-c2cc3cc(N4C(=O)c5ccccc5C4=O)ncc3c(NC(=O)OC(C)(C)C)c2F)cnc2c1N(C(=O)O)CCO2. The molecule has 0 unspecified atom stereocenters. The molecule has 0 atom stereocenters. The van der Waals surface area contributed by atoms with Crippen LogP contribution in [0.3, 0.4) is 0 Å². The quantitative estimate of drug-likeness (QED) is 0.263. The molecule has 2 aliphatic rings. The number of benzene rings is 2. The zero-order valence-corrected chi connectivity index (χ0v) is 24.8. The summed E-state index contributed by atoms with van der Waals surface area (Å²) in [4.78, 5) is 62.0. The number of amides is 4. The Morgan fingerprint density at radius 3 is 2.36 bits per heavy atom. The van der Waals surface area contributed by atoms with Crippen LogP contribution in [0.25, 0.3) is 21.9 Å². The highest BCUT2D eigenvalue weighted by atomic mass is 19.1. The molecule has 4 aromatic rings. The predicted octanol–water partition coefficient (Wildman–Crippen LogP) is 6.02. The number of nitrogens with zero attached hydrogens (tertiary/aromatic N) is 4. The van der Waals surface area contributed by atoms with Gasteiger partial charge < -0.3 is 14.6 Å². The number of carbonyl (C=O) groups excluding carboxylic acids is 3. The van der Waals surface area contributed by atoms with Crippen LogP contribution in [0, 0.1) is 5.82 Å². The topological polar surface area (TPSA) is 151 Å². The van der Waals surface area contributed by atoms with E-state index in [-0.39, 0.29) is 70.3 Å². The van der Waals surface area contributed by atoms with Crippen molar-refractivity contribution in [1.29, 1.82) is 0 Å². The Bertz CT molecular complexity index is 1900. The summed E-state index contributed by atoms with van der Waals surface area (Å²) in [5.74, 6) is -1.86. The number of aromatic nitrogens is 2. The zero-order valence-electron chi connectivity index (χ0n) is 24.8. The van der Waals surface area contributed by atoms with Crippen molar-refractivity contribution in [1.82, 2.24) is 9.97 Å². The fourth-order valence-corrected chi connectivity index (χ4v) is 5.53. The Morgan fingerprint density at radius 2 is 1.73 bits per heavy atom. The smallest absolute Gasteiger partial charge is 0.412 e. The number of imide groups is 1. The third kappa shape index (κ3) is 5.05. The number of carbonyl (C=O) groups is 4. The van der Waals surface area contributed by atoms with Gasteiger partial charge in [0.25, 0.3) is 11.8 Å². The maximum absolute atomic E-state index is 16.6. The molecule has 2 aromatic carbocycles. The Hall–Kier alpha value is -5.59. The van der Waals surface area contributed by atoms with Gasteiger partial charge in [0.1, 0.15) is 23.7 Å². The summed E-state index contributed by atoms with van der Waals surface area (Å²) in [5.41, 5.74) is 0.223. The number of hydrogen-bond donors (Lipinski definition) is 2. The van der Waals surface area contributed by atoms with Crippen LogP contribution < -0.4 is 19.9 Å². The summed E-state index contributed by atoms with van der Waals surface area (Å²) in [5, 5.41) is 12.9. The van der Waals surface area contributed by atoms with Gasteiger partial charge in [-0.05, 0) is 62.4 Å². The number of hydrogen-bond acceptors (Lipinski definition) is 8. The first-order valence-electron chi connectivity index (χ1n) is 14.1. The van der Waals surface area contributed by atoms with Gasteiger partial charge in [-0.3, -0.25) is 19.8 Å². The molecule has 2 N–H and O–H groups in total. The van der Waals surface area contributed by atoms with E-state index >= 15 is 4.39 Å². The second-order valence-electron chi connectivity index (χ2n) is 11.4. The van der Waals surface area contributed by atoms with Gasteiger partial charge in [-0.15, -0.1) is 0 Å². The minimum absolute atomic E-state index is 0.000732. The molecule has 4 heterocycles. The molecular weight excluding hydrogens is 585 g/mol. The Kier molecular flexibility index (Phi) is 7.10. The largest absolute Gasteiger partial charge is 0.474 e. The summed E-state index contributed by atoms with van der Waals surface area (Å²) in [6, 6.07) is 9.33. The molecule has 0 aliphatic carbocycles. The van der Waals surface area contributed by atoms with E-state index in [0.29, 0.717) is 10.9 Å². The third-order valence-electron chi connectivity index (χ3n) is 7.42. The molecule has 0 saturated carbocycles. The van der Waals surface area contributed by atoms with E-state index < -0.39 is 35.4 Å². The maximum Gasteiger partial charge on any atom is 0.412 e. The first-order chi connectivity index (χ1) is 21.4. The predicted molar refractivity (Wildman–Crippen MR) is 163 cm³/mol. The van der Waals surface area contributed by atoms with Gasteiger partial charge in [0.05, 0.1) is 23.4 Å². The number of anilines is 3. The summed E-state index contributed by atoms with van der Waals surface area (Å²) in [6.45, 7) is 6.94. The van der Waals surface area contributed by atoms with Gasteiger partial charge in [-0.2, -0.15) is 0 Å². The fourth-order valence-electron chi connectivity index (χ4n) is 5.53. The van der Waals surface area contributed by atoms with Gasteiger partial charge in [0.2, 0.25) is 5.88 Å². The first-order valence-corrected chi connectivity index (χ1v) is 14.1. The van der Waals surface area contributed by atoms with Gasteiger partial charge in [0, 0.05) is 28.9 Å². The van der Waals surface area contributed by atoms with Crippen LogP contribution in [0.1, 0.15) is 54.0 Å². The number of ether oxygens (including phenoxy) is 2. The van der Waals surface area contributed by atoms with Gasteiger partial charge >= 0.3 is 12.2 Å². The number of fused-ring (bicyclic) bond motifs is 3. The van der Waals surface area contributed by atoms with Gasteiger partial charge in [0.15, 0.2) is 5.82 Å². The van der Waals surface area contributed by atoms with Crippen molar-refractivity contribution >= 4 is 52.0 Å². The van der Waals surface area contributed by atoms with E-state index in [2.05, 4.69) is 15.3 Å². The van der Waals surface area contributed by atoms with Crippen LogP contribution in [-0.4, -0.2) is 57.8 Å². The van der Waals surface area contributed by atoms with Crippen molar-refractivity contribution in [3.63, 3.8) is 0 Å². The normalized spacial score (nSPS) is 14.2. The Labute approximate surface area is 256 Å². The molecule has 4 amide bonds. The van der Waals surface area contributed by atoms with E-state index in [0.717, 1.165) is 9.80 Å². The van der Waals surface area contributed by atoms with Crippen molar-refractivity contribution in [2.24, 2.45) is 0 Å². The number of rotatable bonds is 4. The zero-order chi connectivity index (χ0) is 32.2. The highest BCUT2D eigenvalue weighted by Crippen LogP contribution is 2.43. The van der Waals surface area contributed by atoms with Gasteiger partial charge in [-0.25, -0.2) is 28.8 Å².